The predicted molar refractivity (Wildman–Crippen MR) is 116 cm³/mol. The summed E-state index contributed by atoms with van der Waals surface area (Å²) in [5.74, 6) is 0.492. The van der Waals surface area contributed by atoms with Crippen molar-refractivity contribution in [3.8, 4) is 11.8 Å². The van der Waals surface area contributed by atoms with E-state index in [1.54, 1.807) is 18.3 Å². The minimum Gasteiger partial charge on any atom is -0.489 e. The summed E-state index contributed by atoms with van der Waals surface area (Å²) in [6.45, 7) is 0.361. The van der Waals surface area contributed by atoms with E-state index in [-0.39, 0.29) is 12.3 Å². The largest absolute Gasteiger partial charge is 0.489 e. The maximum absolute atomic E-state index is 12.0. The van der Waals surface area contributed by atoms with Crippen LogP contribution < -0.4 is 10.2 Å². The lowest BCUT2D eigenvalue weighted by atomic mass is 10.1. The second-order valence-electron chi connectivity index (χ2n) is 6.27. The van der Waals surface area contributed by atoms with Gasteiger partial charge in [-0.2, -0.15) is 10.4 Å². The van der Waals surface area contributed by atoms with E-state index in [2.05, 4.69) is 32.5 Å². The Kier molecular flexibility index (Phi) is 7.15. The Hall–Kier alpha value is -3.43. The summed E-state index contributed by atoms with van der Waals surface area (Å²) >= 11 is 3.37. The number of rotatable bonds is 7. The number of amides is 1. The van der Waals surface area contributed by atoms with E-state index in [4.69, 9.17) is 10.00 Å². The molecule has 5 nitrogen and oxygen atoms in total. The molecule has 1 N–H and O–H groups in total. The number of carbonyl (C=O) groups is 1. The third-order valence-electron chi connectivity index (χ3n) is 4.00. The molecule has 0 saturated heterocycles. The molecule has 1 amide bonds. The first-order valence-corrected chi connectivity index (χ1v) is 9.70. The molecule has 0 spiro atoms. The Bertz CT molecular complexity index is 1060. The fourth-order valence-corrected chi connectivity index (χ4v) is 2.85. The molecule has 0 aliphatic carbocycles. The highest BCUT2D eigenvalue weighted by atomic mass is 79.9. The van der Waals surface area contributed by atoms with Crippen LogP contribution in [0.4, 0.5) is 0 Å². The average molecular weight is 448 g/mol. The number of nitrogens with one attached hydrogen (secondary N) is 1. The van der Waals surface area contributed by atoms with E-state index in [0.717, 1.165) is 21.2 Å². The molecule has 0 fully saturated rings. The van der Waals surface area contributed by atoms with Crippen LogP contribution in [0.25, 0.3) is 0 Å². The fourth-order valence-electron chi connectivity index (χ4n) is 2.59. The molecule has 0 unspecified atom stereocenters. The highest BCUT2D eigenvalue weighted by molar-refractivity contribution is 9.10. The topological polar surface area (TPSA) is 74.5 Å². The number of ether oxygens (including phenoxy) is 1. The van der Waals surface area contributed by atoms with Gasteiger partial charge in [0.15, 0.2) is 0 Å². The average Bonchev–Trinajstić information content (AvgIpc) is 2.74. The van der Waals surface area contributed by atoms with E-state index in [9.17, 15) is 4.79 Å². The van der Waals surface area contributed by atoms with E-state index in [1.807, 2.05) is 60.7 Å². The SMILES string of the molecule is N#Cc1cccc(COc2cccc(/C=N\NC(=O)Cc3ccc(Br)cc3)c2)c1. The zero-order chi connectivity index (χ0) is 20.5. The van der Waals surface area contributed by atoms with Crippen LogP contribution in [0.2, 0.25) is 0 Å². The van der Waals surface area contributed by atoms with Gasteiger partial charge in [0.25, 0.3) is 0 Å². The Labute approximate surface area is 177 Å². The van der Waals surface area contributed by atoms with E-state index in [0.29, 0.717) is 17.9 Å². The maximum Gasteiger partial charge on any atom is 0.244 e. The van der Waals surface area contributed by atoms with Gasteiger partial charge in [-0.15, -0.1) is 0 Å². The second-order valence-corrected chi connectivity index (χ2v) is 7.19. The zero-order valence-corrected chi connectivity index (χ0v) is 17.1. The number of nitriles is 1. The Morgan fingerprint density at radius 3 is 2.66 bits per heavy atom. The first kappa shape index (κ1) is 20.3. The van der Waals surface area contributed by atoms with Crippen molar-refractivity contribution in [2.75, 3.05) is 0 Å². The number of carbonyl (C=O) groups excluding carboxylic acids is 1. The van der Waals surface area contributed by atoms with Crippen LogP contribution in [0.3, 0.4) is 0 Å². The quantitative estimate of drug-likeness (QED) is 0.424. The highest BCUT2D eigenvalue weighted by Crippen LogP contribution is 2.15. The molecule has 0 aliphatic rings. The molecule has 144 valence electrons. The van der Waals surface area contributed by atoms with Crippen LogP contribution in [0, 0.1) is 11.3 Å². The minimum absolute atomic E-state index is 0.187. The predicted octanol–water partition coefficient (Wildman–Crippen LogP) is 4.59. The Morgan fingerprint density at radius 2 is 1.86 bits per heavy atom. The number of halogens is 1. The standard InChI is InChI=1S/C23H18BrN3O2/c24-21-9-7-17(8-10-21)13-23(28)27-26-15-19-4-2-6-22(12-19)29-16-20-5-1-3-18(11-20)14-25/h1-12,15H,13,16H2,(H,27,28)/b26-15-. The Morgan fingerprint density at radius 1 is 1.07 bits per heavy atom. The lowest BCUT2D eigenvalue weighted by Gasteiger charge is -2.07. The van der Waals surface area contributed by atoms with Crippen LogP contribution in [0.5, 0.6) is 5.75 Å². The Balaban J connectivity index is 1.52. The normalized spacial score (nSPS) is 10.5. The van der Waals surface area contributed by atoms with Gasteiger partial charge in [-0.25, -0.2) is 5.43 Å². The molecule has 29 heavy (non-hydrogen) atoms. The van der Waals surface area contributed by atoms with E-state index < -0.39 is 0 Å². The molecule has 0 heterocycles. The van der Waals surface area contributed by atoms with Gasteiger partial charge in [-0.05, 0) is 53.1 Å². The molecule has 0 bridgehead atoms. The van der Waals surface area contributed by atoms with Crippen LogP contribution in [-0.2, 0) is 17.8 Å². The minimum atomic E-state index is -0.187. The van der Waals surface area contributed by atoms with Gasteiger partial charge in [-0.1, -0.05) is 52.3 Å². The number of hydrogen-bond donors (Lipinski definition) is 1. The van der Waals surface area contributed by atoms with Crippen molar-refractivity contribution in [2.45, 2.75) is 13.0 Å². The smallest absolute Gasteiger partial charge is 0.244 e. The van der Waals surface area contributed by atoms with Crippen molar-refractivity contribution >= 4 is 28.1 Å². The molecule has 6 heteroatoms. The van der Waals surface area contributed by atoms with Gasteiger partial charge in [0.05, 0.1) is 24.3 Å². The summed E-state index contributed by atoms with van der Waals surface area (Å²) in [4.78, 5) is 12.0. The zero-order valence-electron chi connectivity index (χ0n) is 15.5. The van der Waals surface area contributed by atoms with Gasteiger partial charge in [-0.3, -0.25) is 4.79 Å². The van der Waals surface area contributed by atoms with Crippen LogP contribution in [0.15, 0.2) is 82.4 Å². The van der Waals surface area contributed by atoms with Crippen molar-refractivity contribution in [1.82, 2.24) is 5.43 Å². The molecule has 3 aromatic rings. The van der Waals surface area contributed by atoms with Crippen molar-refractivity contribution in [3.05, 3.63) is 99.5 Å². The molecule has 0 aromatic heterocycles. The summed E-state index contributed by atoms with van der Waals surface area (Å²) in [6.07, 6.45) is 1.83. The lowest BCUT2D eigenvalue weighted by Crippen LogP contribution is -2.19. The van der Waals surface area contributed by atoms with Crippen LogP contribution in [0.1, 0.15) is 22.3 Å². The van der Waals surface area contributed by atoms with Gasteiger partial charge in [0, 0.05) is 4.47 Å². The third-order valence-corrected chi connectivity index (χ3v) is 4.53. The third kappa shape index (κ3) is 6.59. The molecular weight excluding hydrogens is 430 g/mol. The summed E-state index contributed by atoms with van der Waals surface area (Å²) in [5.41, 5.74) is 5.77. The van der Waals surface area contributed by atoms with Crippen LogP contribution >= 0.6 is 15.9 Å². The first-order valence-electron chi connectivity index (χ1n) is 8.90. The van der Waals surface area contributed by atoms with Crippen molar-refractivity contribution in [3.63, 3.8) is 0 Å². The maximum atomic E-state index is 12.0. The molecule has 0 radical (unpaired) electrons. The lowest BCUT2D eigenvalue weighted by molar-refractivity contribution is -0.120. The van der Waals surface area contributed by atoms with Crippen molar-refractivity contribution < 1.29 is 9.53 Å². The fraction of sp³-hybridized carbons (Fsp3) is 0.0870. The van der Waals surface area contributed by atoms with E-state index in [1.165, 1.54) is 0 Å². The monoisotopic (exact) mass is 447 g/mol. The summed E-state index contributed by atoms with van der Waals surface area (Å²) in [7, 11) is 0. The van der Waals surface area contributed by atoms with Gasteiger partial charge >= 0.3 is 0 Å². The summed E-state index contributed by atoms with van der Waals surface area (Å²) in [5, 5.41) is 13.0. The second kappa shape index (κ2) is 10.2. The van der Waals surface area contributed by atoms with Gasteiger partial charge in [0.1, 0.15) is 12.4 Å². The van der Waals surface area contributed by atoms with E-state index >= 15 is 0 Å². The van der Waals surface area contributed by atoms with Gasteiger partial charge < -0.3 is 4.74 Å². The van der Waals surface area contributed by atoms with Crippen molar-refractivity contribution in [2.24, 2.45) is 5.10 Å². The molecule has 0 aliphatic heterocycles. The molecule has 3 rings (SSSR count). The number of hydrazone groups is 1. The number of benzene rings is 3. The molecule has 0 saturated carbocycles. The van der Waals surface area contributed by atoms with Gasteiger partial charge in [0.2, 0.25) is 5.91 Å². The van der Waals surface area contributed by atoms with Crippen molar-refractivity contribution in [1.29, 1.82) is 5.26 Å². The number of nitrogens with zero attached hydrogens (tertiary/aromatic N) is 2. The van der Waals surface area contributed by atoms with Crippen LogP contribution in [-0.4, -0.2) is 12.1 Å². The molecule has 0 atom stereocenters. The molecule has 3 aromatic carbocycles. The molecular formula is C23H18BrN3O2. The first-order chi connectivity index (χ1) is 14.1. The summed E-state index contributed by atoms with van der Waals surface area (Å²) < 4.78 is 6.76. The summed E-state index contributed by atoms with van der Waals surface area (Å²) in [6, 6.07) is 24.4. The number of hydrogen-bond acceptors (Lipinski definition) is 4. The highest BCUT2D eigenvalue weighted by Gasteiger charge is 2.02.